The molecule has 2 aromatic carbocycles. The summed E-state index contributed by atoms with van der Waals surface area (Å²) in [6, 6.07) is 15.4. The molecule has 1 aromatic heterocycles. The van der Waals surface area contributed by atoms with Gasteiger partial charge in [-0.25, -0.2) is 9.18 Å². The van der Waals surface area contributed by atoms with Gasteiger partial charge in [0.1, 0.15) is 12.4 Å². The van der Waals surface area contributed by atoms with E-state index >= 15 is 0 Å². The summed E-state index contributed by atoms with van der Waals surface area (Å²) in [5, 5.41) is 4.89. The SMILES string of the molecule is C=CCN(CC(=O)N(Cc1ccc(F)cc1)Cc1cccs1)C(=O)Nc1c(C)cccc1C. The normalized spacial score (nSPS) is 10.5. The van der Waals surface area contributed by atoms with Gasteiger partial charge >= 0.3 is 6.03 Å². The number of hydrogen-bond acceptors (Lipinski definition) is 3. The molecule has 7 heteroatoms. The van der Waals surface area contributed by atoms with Gasteiger partial charge in [-0.3, -0.25) is 4.79 Å². The van der Waals surface area contributed by atoms with Gasteiger partial charge in [0.15, 0.2) is 0 Å². The van der Waals surface area contributed by atoms with Gasteiger partial charge in [0, 0.05) is 23.7 Å². The number of benzene rings is 2. The summed E-state index contributed by atoms with van der Waals surface area (Å²) >= 11 is 1.56. The lowest BCUT2D eigenvalue weighted by Crippen LogP contribution is -2.44. The van der Waals surface area contributed by atoms with E-state index in [0.29, 0.717) is 13.1 Å². The van der Waals surface area contributed by atoms with E-state index in [1.165, 1.54) is 17.0 Å². The number of thiophene rings is 1. The van der Waals surface area contributed by atoms with Gasteiger partial charge in [0.25, 0.3) is 0 Å². The molecule has 5 nitrogen and oxygen atoms in total. The Bertz CT molecular complexity index is 1080. The number of nitrogens with one attached hydrogen (secondary N) is 1. The molecule has 0 radical (unpaired) electrons. The third-order valence-electron chi connectivity index (χ3n) is 5.24. The zero-order chi connectivity index (χ0) is 23.8. The second-order valence-electron chi connectivity index (χ2n) is 7.82. The summed E-state index contributed by atoms with van der Waals surface area (Å²) in [4.78, 5) is 30.5. The summed E-state index contributed by atoms with van der Waals surface area (Å²) in [5.74, 6) is -0.526. The van der Waals surface area contributed by atoms with Crippen molar-refractivity contribution in [2.75, 3.05) is 18.4 Å². The van der Waals surface area contributed by atoms with Crippen molar-refractivity contribution >= 4 is 29.0 Å². The van der Waals surface area contributed by atoms with E-state index in [4.69, 9.17) is 0 Å². The molecule has 0 aliphatic carbocycles. The third kappa shape index (κ3) is 6.76. The number of carbonyl (C=O) groups excluding carboxylic acids is 2. The molecule has 3 rings (SSSR count). The number of rotatable bonds is 9. The van der Waals surface area contributed by atoms with Crippen LogP contribution in [0.1, 0.15) is 21.6 Å². The number of para-hydroxylation sites is 1. The summed E-state index contributed by atoms with van der Waals surface area (Å²) in [5.41, 5.74) is 3.45. The Morgan fingerprint density at radius 3 is 2.30 bits per heavy atom. The van der Waals surface area contributed by atoms with Crippen LogP contribution >= 0.6 is 11.3 Å². The average molecular weight is 466 g/mol. The van der Waals surface area contributed by atoms with Crippen LogP contribution in [-0.4, -0.2) is 34.8 Å². The molecule has 3 aromatic rings. The first-order chi connectivity index (χ1) is 15.9. The molecular formula is C26H28FN3O2S. The Balaban J connectivity index is 1.76. The van der Waals surface area contributed by atoms with Crippen molar-refractivity contribution in [3.8, 4) is 0 Å². The van der Waals surface area contributed by atoms with Gasteiger partial charge in [0.2, 0.25) is 5.91 Å². The Labute approximate surface area is 198 Å². The van der Waals surface area contributed by atoms with Crippen LogP contribution in [0.5, 0.6) is 0 Å². The lowest BCUT2D eigenvalue weighted by Gasteiger charge is -2.27. The summed E-state index contributed by atoms with van der Waals surface area (Å²) in [6.07, 6.45) is 1.60. The van der Waals surface area contributed by atoms with Crippen molar-refractivity contribution < 1.29 is 14.0 Å². The highest BCUT2D eigenvalue weighted by molar-refractivity contribution is 7.09. The minimum atomic E-state index is -0.362. The Morgan fingerprint density at radius 1 is 1.00 bits per heavy atom. The zero-order valence-corrected chi connectivity index (χ0v) is 19.7. The van der Waals surface area contributed by atoms with Gasteiger partial charge in [-0.2, -0.15) is 0 Å². The minimum Gasteiger partial charge on any atom is -0.332 e. The topological polar surface area (TPSA) is 52.7 Å². The molecular weight excluding hydrogens is 437 g/mol. The van der Waals surface area contributed by atoms with Crippen LogP contribution in [-0.2, 0) is 17.9 Å². The van der Waals surface area contributed by atoms with E-state index in [1.54, 1.807) is 34.4 Å². The quantitative estimate of drug-likeness (QED) is 0.409. The average Bonchev–Trinajstić information content (AvgIpc) is 3.30. The molecule has 1 N–H and O–H groups in total. The lowest BCUT2D eigenvalue weighted by atomic mass is 10.1. The lowest BCUT2D eigenvalue weighted by molar-refractivity contribution is -0.132. The molecule has 0 fully saturated rings. The highest BCUT2D eigenvalue weighted by Crippen LogP contribution is 2.20. The van der Waals surface area contributed by atoms with Crippen molar-refractivity contribution in [2.24, 2.45) is 0 Å². The summed E-state index contributed by atoms with van der Waals surface area (Å²) in [7, 11) is 0. The largest absolute Gasteiger partial charge is 0.332 e. The molecule has 33 heavy (non-hydrogen) atoms. The number of aryl methyl sites for hydroxylation is 2. The number of anilines is 1. The first-order valence-corrected chi connectivity index (χ1v) is 11.5. The standard InChI is InChI=1S/C26H28FN3O2S/c1-4-14-29(26(32)28-25-19(2)7-5-8-20(25)3)18-24(31)30(17-23-9-6-15-33-23)16-21-10-12-22(27)13-11-21/h4-13,15H,1,14,16-18H2,2-3H3,(H,28,32). The predicted octanol–water partition coefficient (Wildman–Crippen LogP) is 5.75. The smallest absolute Gasteiger partial charge is 0.322 e. The van der Waals surface area contributed by atoms with Crippen LogP contribution in [0, 0.1) is 19.7 Å². The Morgan fingerprint density at radius 2 is 1.70 bits per heavy atom. The van der Waals surface area contributed by atoms with Crippen molar-refractivity contribution in [1.82, 2.24) is 9.80 Å². The Hall–Kier alpha value is -3.45. The highest BCUT2D eigenvalue weighted by Gasteiger charge is 2.22. The summed E-state index contributed by atoms with van der Waals surface area (Å²) in [6.45, 7) is 8.44. The van der Waals surface area contributed by atoms with Crippen molar-refractivity contribution in [2.45, 2.75) is 26.9 Å². The molecule has 172 valence electrons. The molecule has 0 saturated carbocycles. The number of amides is 3. The first kappa shape index (κ1) is 24.2. The molecule has 0 spiro atoms. The number of carbonyl (C=O) groups is 2. The fraction of sp³-hybridized carbons (Fsp3) is 0.231. The molecule has 0 saturated heterocycles. The van der Waals surface area contributed by atoms with Crippen LogP contribution in [0.4, 0.5) is 14.9 Å². The first-order valence-electron chi connectivity index (χ1n) is 10.6. The van der Waals surface area contributed by atoms with E-state index in [2.05, 4.69) is 11.9 Å². The van der Waals surface area contributed by atoms with Crippen LogP contribution in [0.3, 0.4) is 0 Å². The maximum Gasteiger partial charge on any atom is 0.322 e. The van der Waals surface area contributed by atoms with Gasteiger partial charge in [0.05, 0.1) is 6.54 Å². The Kier molecular flexibility index (Phi) is 8.38. The van der Waals surface area contributed by atoms with Crippen molar-refractivity contribution in [3.05, 3.63) is 100 Å². The van der Waals surface area contributed by atoms with Crippen LogP contribution in [0.2, 0.25) is 0 Å². The minimum absolute atomic E-state index is 0.102. The van der Waals surface area contributed by atoms with E-state index in [1.807, 2.05) is 49.6 Å². The van der Waals surface area contributed by atoms with E-state index in [-0.39, 0.29) is 30.8 Å². The number of urea groups is 1. The second-order valence-corrected chi connectivity index (χ2v) is 8.85. The van der Waals surface area contributed by atoms with Gasteiger partial charge in [-0.1, -0.05) is 42.5 Å². The van der Waals surface area contributed by atoms with Crippen molar-refractivity contribution in [1.29, 1.82) is 0 Å². The predicted molar refractivity (Wildman–Crippen MR) is 132 cm³/mol. The van der Waals surface area contributed by atoms with E-state index in [0.717, 1.165) is 27.3 Å². The van der Waals surface area contributed by atoms with E-state index in [9.17, 15) is 14.0 Å². The fourth-order valence-corrected chi connectivity index (χ4v) is 4.19. The van der Waals surface area contributed by atoms with E-state index < -0.39 is 0 Å². The third-order valence-corrected chi connectivity index (χ3v) is 6.10. The van der Waals surface area contributed by atoms with Crippen LogP contribution in [0.25, 0.3) is 0 Å². The van der Waals surface area contributed by atoms with Crippen LogP contribution < -0.4 is 5.32 Å². The van der Waals surface area contributed by atoms with Gasteiger partial charge < -0.3 is 15.1 Å². The molecule has 0 aliphatic rings. The molecule has 3 amide bonds. The number of hydrogen-bond donors (Lipinski definition) is 1. The maximum absolute atomic E-state index is 13.3. The monoisotopic (exact) mass is 465 g/mol. The van der Waals surface area contributed by atoms with Gasteiger partial charge in [-0.15, -0.1) is 17.9 Å². The molecule has 1 heterocycles. The number of nitrogens with zero attached hydrogens (tertiary/aromatic N) is 2. The van der Waals surface area contributed by atoms with Gasteiger partial charge in [-0.05, 0) is 54.1 Å². The molecule has 0 unspecified atom stereocenters. The zero-order valence-electron chi connectivity index (χ0n) is 18.9. The van der Waals surface area contributed by atoms with Crippen molar-refractivity contribution in [3.63, 3.8) is 0 Å². The maximum atomic E-state index is 13.3. The number of halogens is 1. The molecule has 0 bridgehead atoms. The van der Waals surface area contributed by atoms with Crippen LogP contribution in [0.15, 0.2) is 72.6 Å². The summed E-state index contributed by atoms with van der Waals surface area (Å²) < 4.78 is 13.3. The highest BCUT2D eigenvalue weighted by atomic mass is 32.1. The fourth-order valence-electron chi connectivity index (χ4n) is 3.47. The second kappa shape index (κ2) is 11.4. The molecule has 0 atom stereocenters. The molecule has 0 aliphatic heterocycles.